The predicted molar refractivity (Wildman–Crippen MR) is 215 cm³/mol. The quantitative estimate of drug-likeness (QED) is 0.158. The average molecular weight is 645 g/mol. The molecule has 0 radical (unpaired) electrons. The molecule has 0 fully saturated rings. The molecule has 0 atom stereocenters. The van der Waals surface area contributed by atoms with Crippen LogP contribution in [-0.2, 0) is 12.8 Å². The summed E-state index contributed by atoms with van der Waals surface area (Å²) in [6.07, 6.45) is 2.08. The molecule has 0 bridgehead atoms. The molecule has 9 rings (SSSR count). The van der Waals surface area contributed by atoms with Crippen LogP contribution in [0.5, 0.6) is 0 Å². The molecule has 0 unspecified atom stereocenters. The normalized spacial score (nSPS) is 11.6. The van der Waals surface area contributed by atoms with E-state index in [1.54, 1.807) is 0 Å². The summed E-state index contributed by atoms with van der Waals surface area (Å²) in [6, 6.07) is 58.8. The van der Waals surface area contributed by atoms with Crippen molar-refractivity contribution in [2.75, 3.05) is 0 Å². The van der Waals surface area contributed by atoms with Gasteiger partial charge >= 0.3 is 0 Å². The highest BCUT2D eigenvalue weighted by Crippen LogP contribution is 2.42. The molecule has 0 aliphatic heterocycles. The molecule has 1 heterocycles. The number of benzene rings is 8. The first-order chi connectivity index (χ1) is 24.2. The topological polar surface area (TPSA) is 0 Å². The lowest BCUT2D eigenvalue weighted by atomic mass is 9.92. The summed E-state index contributed by atoms with van der Waals surface area (Å²) in [4.78, 5) is 0. The summed E-state index contributed by atoms with van der Waals surface area (Å²) < 4.78 is 2.75. The lowest BCUT2D eigenvalue weighted by Gasteiger charge is -2.12. The highest BCUT2D eigenvalue weighted by atomic mass is 32.1. The Morgan fingerprint density at radius 1 is 0.367 bits per heavy atom. The van der Waals surface area contributed by atoms with Gasteiger partial charge in [-0.05, 0) is 126 Å². The Morgan fingerprint density at radius 3 is 1.71 bits per heavy atom. The molecule has 0 aliphatic rings. The van der Waals surface area contributed by atoms with Crippen LogP contribution in [0.25, 0.3) is 86.2 Å². The van der Waals surface area contributed by atoms with Gasteiger partial charge in [-0.1, -0.05) is 135 Å². The van der Waals surface area contributed by atoms with Crippen LogP contribution in [-0.4, -0.2) is 0 Å². The summed E-state index contributed by atoms with van der Waals surface area (Å²) in [6.45, 7) is 4.50. The predicted octanol–water partition coefficient (Wildman–Crippen LogP) is 14.2. The highest BCUT2D eigenvalue weighted by molar-refractivity contribution is 7.26. The maximum absolute atomic E-state index is 2.41. The third kappa shape index (κ3) is 5.23. The molecule has 234 valence electrons. The molecule has 0 saturated heterocycles. The zero-order valence-corrected chi connectivity index (χ0v) is 28.7. The SMILES string of the molecule is CCc1ccc2sc3c(-c4cccc(-c5ccc(-c6ccc(-c7cc8ccccc8c8ccccc78)cc6)cc5)c4)cc(CC)cc3c2c1. The Balaban J connectivity index is 1.04. The van der Waals surface area contributed by atoms with Crippen molar-refractivity contribution in [1.82, 2.24) is 0 Å². The molecular weight excluding hydrogens is 609 g/mol. The molecule has 0 aliphatic carbocycles. The molecule has 0 saturated carbocycles. The van der Waals surface area contributed by atoms with E-state index >= 15 is 0 Å². The first-order valence-corrected chi connectivity index (χ1v) is 18.2. The van der Waals surface area contributed by atoms with E-state index in [0.717, 1.165) is 12.8 Å². The highest BCUT2D eigenvalue weighted by Gasteiger charge is 2.14. The summed E-state index contributed by atoms with van der Waals surface area (Å²) in [7, 11) is 0. The number of fused-ring (bicyclic) bond motifs is 6. The van der Waals surface area contributed by atoms with Crippen LogP contribution in [0.3, 0.4) is 0 Å². The van der Waals surface area contributed by atoms with Crippen LogP contribution in [0.1, 0.15) is 25.0 Å². The molecule has 9 aromatic rings. The van der Waals surface area contributed by atoms with Crippen LogP contribution in [0.15, 0.2) is 158 Å². The fraction of sp³-hybridized carbons (Fsp3) is 0.0833. The Kier molecular flexibility index (Phi) is 7.37. The van der Waals surface area contributed by atoms with Gasteiger partial charge < -0.3 is 0 Å². The minimum atomic E-state index is 1.02. The van der Waals surface area contributed by atoms with Crippen LogP contribution in [0, 0.1) is 0 Å². The summed E-state index contributed by atoms with van der Waals surface area (Å²) >= 11 is 1.92. The molecule has 49 heavy (non-hydrogen) atoms. The molecule has 1 heteroatoms. The minimum absolute atomic E-state index is 1.02. The molecule has 0 nitrogen and oxygen atoms in total. The van der Waals surface area contributed by atoms with Crippen molar-refractivity contribution in [3.63, 3.8) is 0 Å². The summed E-state index contributed by atoms with van der Waals surface area (Å²) in [5.74, 6) is 0. The van der Waals surface area contributed by atoms with Gasteiger partial charge in [0.25, 0.3) is 0 Å². The van der Waals surface area contributed by atoms with Crippen LogP contribution < -0.4 is 0 Å². The molecule has 0 N–H and O–H groups in total. The number of hydrogen-bond donors (Lipinski definition) is 0. The second-order valence-electron chi connectivity index (χ2n) is 13.1. The standard InChI is InChI=1S/C48H36S/c1-3-31-16-25-47-45(26-31)46-28-32(4-2)27-44(48(46)49-47)38-12-9-11-37(29-38)35-19-17-33(18-20-35)34-21-23-36(24-22-34)43-30-39-10-5-6-13-40(39)41-14-7-8-15-42(41)43/h5-30H,3-4H2,1-2H3. The van der Waals surface area contributed by atoms with Gasteiger partial charge in [-0.3, -0.25) is 0 Å². The van der Waals surface area contributed by atoms with Gasteiger partial charge in [0.15, 0.2) is 0 Å². The Labute approximate surface area is 291 Å². The second-order valence-corrected chi connectivity index (χ2v) is 14.1. The maximum atomic E-state index is 2.41. The fourth-order valence-corrected chi connectivity index (χ4v) is 8.68. The lowest BCUT2D eigenvalue weighted by molar-refractivity contribution is 1.14. The Morgan fingerprint density at radius 2 is 0.980 bits per heavy atom. The van der Waals surface area contributed by atoms with E-state index < -0.39 is 0 Å². The maximum Gasteiger partial charge on any atom is 0.0434 e. The van der Waals surface area contributed by atoms with Gasteiger partial charge in [-0.2, -0.15) is 0 Å². The smallest absolute Gasteiger partial charge is 0.0434 e. The summed E-state index contributed by atoms with van der Waals surface area (Å²) in [5, 5.41) is 7.95. The van der Waals surface area contributed by atoms with Crippen molar-refractivity contribution in [1.29, 1.82) is 0 Å². The van der Waals surface area contributed by atoms with Crippen molar-refractivity contribution in [3.8, 4) is 44.5 Å². The van der Waals surface area contributed by atoms with Crippen molar-refractivity contribution >= 4 is 53.1 Å². The van der Waals surface area contributed by atoms with E-state index in [9.17, 15) is 0 Å². The van der Waals surface area contributed by atoms with Crippen molar-refractivity contribution < 1.29 is 0 Å². The third-order valence-electron chi connectivity index (χ3n) is 10.2. The first kappa shape index (κ1) is 29.6. The molecule has 0 amide bonds. The van der Waals surface area contributed by atoms with Gasteiger partial charge in [0.05, 0.1) is 0 Å². The van der Waals surface area contributed by atoms with E-state index in [0.29, 0.717) is 0 Å². The van der Waals surface area contributed by atoms with E-state index in [4.69, 9.17) is 0 Å². The van der Waals surface area contributed by atoms with Crippen LogP contribution >= 0.6 is 11.3 Å². The monoisotopic (exact) mass is 644 g/mol. The van der Waals surface area contributed by atoms with Crippen LogP contribution in [0.2, 0.25) is 0 Å². The van der Waals surface area contributed by atoms with E-state index in [2.05, 4.69) is 172 Å². The average Bonchev–Trinajstić information content (AvgIpc) is 3.55. The molecule has 1 aromatic heterocycles. The van der Waals surface area contributed by atoms with Gasteiger partial charge in [-0.15, -0.1) is 11.3 Å². The minimum Gasteiger partial charge on any atom is -0.135 e. The third-order valence-corrected chi connectivity index (χ3v) is 11.4. The molecule has 0 spiro atoms. The fourth-order valence-electron chi connectivity index (χ4n) is 7.48. The van der Waals surface area contributed by atoms with E-state index in [1.807, 2.05) is 11.3 Å². The van der Waals surface area contributed by atoms with Gasteiger partial charge in [-0.25, -0.2) is 0 Å². The van der Waals surface area contributed by atoms with Gasteiger partial charge in [0, 0.05) is 20.2 Å². The number of rotatable bonds is 6. The zero-order valence-electron chi connectivity index (χ0n) is 27.8. The number of aryl methyl sites for hydroxylation is 2. The molecular formula is C48H36S. The second kappa shape index (κ2) is 12.2. The Bertz CT molecular complexity index is 2650. The van der Waals surface area contributed by atoms with E-state index in [1.165, 1.54) is 97.4 Å². The number of hydrogen-bond acceptors (Lipinski definition) is 1. The largest absolute Gasteiger partial charge is 0.135 e. The lowest BCUT2D eigenvalue weighted by Crippen LogP contribution is -1.87. The van der Waals surface area contributed by atoms with Crippen molar-refractivity contribution in [3.05, 3.63) is 169 Å². The van der Waals surface area contributed by atoms with Crippen molar-refractivity contribution in [2.24, 2.45) is 0 Å². The van der Waals surface area contributed by atoms with Crippen molar-refractivity contribution in [2.45, 2.75) is 26.7 Å². The number of thiophene rings is 1. The van der Waals surface area contributed by atoms with Crippen LogP contribution in [0.4, 0.5) is 0 Å². The van der Waals surface area contributed by atoms with Gasteiger partial charge in [0.1, 0.15) is 0 Å². The summed E-state index contributed by atoms with van der Waals surface area (Å²) in [5.41, 5.74) is 12.8. The molecule has 8 aromatic carbocycles. The van der Waals surface area contributed by atoms with Gasteiger partial charge in [0.2, 0.25) is 0 Å². The van der Waals surface area contributed by atoms with E-state index in [-0.39, 0.29) is 0 Å². The first-order valence-electron chi connectivity index (χ1n) is 17.4. The Hall–Kier alpha value is -5.50. The zero-order chi connectivity index (χ0) is 32.9.